The second kappa shape index (κ2) is 6.13. The van der Waals surface area contributed by atoms with Gasteiger partial charge < -0.3 is 10.1 Å². The van der Waals surface area contributed by atoms with E-state index in [1.54, 1.807) is 11.8 Å². The van der Waals surface area contributed by atoms with Crippen LogP contribution in [0.3, 0.4) is 0 Å². The van der Waals surface area contributed by atoms with Crippen LogP contribution in [-0.2, 0) is 0 Å². The van der Waals surface area contributed by atoms with E-state index < -0.39 is 0 Å². The fraction of sp³-hybridized carbons (Fsp3) is 0.333. The number of aromatic amines is 1. The second-order valence-corrected chi connectivity index (χ2v) is 6.10. The van der Waals surface area contributed by atoms with Crippen molar-refractivity contribution in [2.45, 2.75) is 31.6 Å². The molecule has 2 rings (SSSR count). The molecule has 1 heterocycles. The standard InChI is InChI=1S/C15H18N2O2S/c1-4-20-11-7-5-10(6-8-11)13-16-14(18)12(9(2)3)15(19)17-13/h5-9H,4H2,1-3H3,(H2,16,17,18,19). The average molecular weight is 290 g/mol. The molecule has 0 aliphatic carbocycles. The maximum atomic E-state index is 12.0. The summed E-state index contributed by atoms with van der Waals surface area (Å²) in [5, 5.41) is 9.91. The molecule has 0 radical (unpaired) electrons. The highest BCUT2D eigenvalue weighted by Crippen LogP contribution is 2.24. The van der Waals surface area contributed by atoms with Gasteiger partial charge in [0.05, 0.1) is 5.56 Å². The first-order valence-corrected chi connectivity index (χ1v) is 7.58. The number of rotatable bonds is 4. The van der Waals surface area contributed by atoms with Crippen molar-refractivity contribution < 1.29 is 5.11 Å². The summed E-state index contributed by atoms with van der Waals surface area (Å²) >= 11 is 1.75. The van der Waals surface area contributed by atoms with Gasteiger partial charge in [-0.1, -0.05) is 32.9 Å². The maximum Gasteiger partial charge on any atom is 0.258 e. The van der Waals surface area contributed by atoms with Crippen LogP contribution in [0.5, 0.6) is 5.88 Å². The molecular weight excluding hydrogens is 272 g/mol. The van der Waals surface area contributed by atoms with E-state index in [1.165, 1.54) is 4.90 Å². The number of aromatic nitrogens is 2. The van der Waals surface area contributed by atoms with Gasteiger partial charge in [0.25, 0.3) is 5.56 Å². The third kappa shape index (κ3) is 3.04. The molecule has 106 valence electrons. The summed E-state index contributed by atoms with van der Waals surface area (Å²) in [7, 11) is 0. The van der Waals surface area contributed by atoms with E-state index in [-0.39, 0.29) is 17.4 Å². The number of hydrogen-bond donors (Lipinski definition) is 2. The first kappa shape index (κ1) is 14.7. The molecule has 4 nitrogen and oxygen atoms in total. The van der Waals surface area contributed by atoms with Crippen LogP contribution >= 0.6 is 11.8 Å². The Bertz CT molecular complexity index is 648. The van der Waals surface area contributed by atoms with Crippen molar-refractivity contribution >= 4 is 11.8 Å². The molecule has 0 saturated carbocycles. The number of nitrogens with zero attached hydrogens (tertiary/aromatic N) is 1. The summed E-state index contributed by atoms with van der Waals surface area (Å²) in [5.74, 6) is 1.15. The molecule has 5 heteroatoms. The van der Waals surface area contributed by atoms with Gasteiger partial charge in [-0.2, -0.15) is 4.98 Å². The van der Waals surface area contributed by atoms with Crippen LogP contribution in [0.1, 0.15) is 32.3 Å². The number of benzene rings is 1. The molecular formula is C15H18N2O2S. The van der Waals surface area contributed by atoms with Gasteiger partial charge in [-0.15, -0.1) is 11.8 Å². The summed E-state index contributed by atoms with van der Waals surface area (Å²) in [5.41, 5.74) is 0.828. The van der Waals surface area contributed by atoms with Gasteiger partial charge in [-0.25, -0.2) is 0 Å². The molecule has 0 saturated heterocycles. The van der Waals surface area contributed by atoms with E-state index in [9.17, 15) is 9.90 Å². The molecule has 0 atom stereocenters. The third-order valence-corrected chi connectivity index (χ3v) is 3.85. The van der Waals surface area contributed by atoms with Crippen molar-refractivity contribution in [1.82, 2.24) is 9.97 Å². The highest BCUT2D eigenvalue weighted by molar-refractivity contribution is 7.99. The van der Waals surface area contributed by atoms with Gasteiger partial charge >= 0.3 is 0 Å². The summed E-state index contributed by atoms with van der Waals surface area (Å²) in [4.78, 5) is 20.0. The van der Waals surface area contributed by atoms with Gasteiger partial charge in [-0.05, 0) is 23.8 Å². The number of aromatic hydroxyl groups is 1. The van der Waals surface area contributed by atoms with Gasteiger partial charge in [0, 0.05) is 10.5 Å². The Morgan fingerprint density at radius 2 is 1.95 bits per heavy atom. The van der Waals surface area contributed by atoms with Gasteiger partial charge in [0.15, 0.2) is 0 Å². The minimum Gasteiger partial charge on any atom is -0.493 e. The Labute approximate surface area is 122 Å². The SMILES string of the molecule is CCSc1ccc(-c2nc(O)c(C(C)C)c(=O)[nH]2)cc1. The predicted octanol–water partition coefficient (Wildman–Crippen LogP) is 3.38. The molecule has 2 N–H and O–H groups in total. The van der Waals surface area contributed by atoms with Crippen molar-refractivity contribution in [2.75, 3.05) is 5.75 Å². The number of H-pyrrole nitrogens is 1. The lowest BCUT2D eigenvalue weighted by molar-refractivity contribution is 0.440. The van der Waals surface area contributed by atoms with Crippen LogP contribution < -0.4 is 5.56 Å². The third-order valence-electron chi connectivity index (χ3n) is 2.95. The molecule has 1 aromatic heterocycles. The number of thioether (sulfide) groups is 1. The van der Waals surface area contributed by atoms with E-state index in [0.29, 0.717) is 11.4 Å². The van der Waals surface area contributed by atoms with Gasteiger partial charge in [0.1, 0.15) is 5.82 Å². The normalized spacial score (nSPS) is 11.0. The van der Waals surface area contributed by atoms with Crippen LogP contribution in [0, 0.1) is 0 Å². The Morgan fingerprint density at radius 3 is 2.45 bits per heavy atom. The fourth-order valence-corrected chi connectivity index (χ4v) is 2.67. The van der Waals surface area contributed by atoms with Crippen molar-refractivity contribution in [2.24, 2.45) is 0 Å². The number of hydrogen-bond acceptors (Lipinski definition) is 4. The Kier molecular flexibility index (Phi) is 4.49. The van der Waals surface area contributed by atoms with Gasteiger partial charge in [0.2, 0.25) is 5.88 Å². The highest BCUT2D eigenvalue weighted by atomic mass is 32.2. The van der Waals surface area contributed by atoms with E-state index in [0.717, 1.165) is 11.3 Å². The highest BCUT2D eigenvalue weighted by Gasteiger charge is 2.14. The summed E-state index contributed by atoms with van der Waals surface area (Å²) in [6, 6.07) is 7.75. The van der Waals surface area contributed by atoms with E-state index in [4.69, 9.17) is 0 Å². The molecule has 0 aliphatic rings. The largest absolute Gasteiger partial charge is 0.493 e. The van der Waals surface area contributed by atoms with E-state index in [1.807, 2.05) is 38.1 Å². The maximum absolute atomic E-state index is 12.0. The first-order valence-electron chi connectivity index (χ1n) is 6.59. The minimum absolute atomic E-state index is 0.0661. The molecule has 0 amide bonds. The van der Waals surface area contributed by atoms with E-state index in [2.05, 4.69) is 16.9 Å². The summed E-state index contributed by atoms with van der Waals surface area (Å²) in [6.07, 6.45) is 0. The van der Waals surface area contributed by atoms with Crippen LogP contribution in [0.4, 0.5) is 0 Å². The smallest absolute Gasteiger partial charge is 0.258 e. The lowest BCUT2D eigenvalue weighted by Gasteiger charge is -2.08. The van der Waals surface area contributed by atoms with Crippen molar-refractivity contribution in [1.29, 1.82) is 0 Å². The lowest BCUT2D eigenvalue weighted by atomic mass is 10.1. The van der Waals surface area contributed by atoms with E-state index >= 15 is 0 Å². The molecule has 0 unspecified atom stereocenters. The fourth-order valence-electron chi connectivity index (χ4n) is 2.00. The molecule has 0 bridgehead atoms. The molecule has 20 heavy (non-hydrogen) atoms. The van der Waals surface area contributed by atoms with Crippen molar-refractivity contribution in [3.63, 3.8) is 0 Å². The summed E-state index contributed by atoms with van der Waals surface area (Å²) in [6.45, 7) is 5.80. The van der Waals surface area contributed by atoms with Crippen LogP contribution in [0.15, 0.2) is 34.0 Å². The first-order chi connectivity index (χ1) is 9.52. The zero-order chi connectivity index (χ0) is 14.7. The van der Waals surface area contributed by atoms with Crippen molar-refractivity contribution in [3.8, 4) is 17.3 Å². The van der Waals surface area contributed by atoms with Crippen LogP contribution in [0.2, 0.25) is 0 Å². The zero-order valence-electron chi connectivity index (χ0n) is 11.8. The van der Waals surface area contributed by atoms with Crippen LogP contribution in [-0.4, -0.2) is 20.8 Å². The van der Waals surface area contributed by atoms with Gasteiger partial charge in [-0.3, -0.25) is 4.79 Å². The molecule has 2 aromatic rings. The molecule has 0 aliphatic heterocycles. The quantitative estimate of drug-likeness (QED) is 0.847. The topological polar surface area (TPSA) is 66.0 Å². The van der Waals surface area contributed by atoms with Crippen LogP contribution in [0.25, 0.3) is 11.4 Å². The molecule has 0 fully saturated rings. The second-order valence-electron chi connectivity index (χ2n) is 4.76. The zero-order valence-corrected chi connectivity index (χ0v) is 12.6. The molecule has 1 aromatic carbocycles. The number of nitrogens with one attached hydrogen (secondary N) is 1. The monoisotopic (exact) mass is 290 g/mol. The Hall–Kier alpha value is -1.75. The Balaban J connectivity index is 2.41. The minimum atomic E-state index is -0.283. The van der Waals surface area contributed by atoms with Crippen molar-refractivity contribution in [3.05, 3.63) is 40.2 Å². The summed E-state index contributed by atoms with van der Waals surface area (Å²) < 4.78 is 0. The Morgan fingerprint density at radius 1 is 1.30 bits per heavy atom. The predicted molar refractivity (Wildman–Crippen MR) is 82.4 cm³/mol. The lowest BCUT2D eigenvalue weighted by Crippen LogP contribution is -2.16. The average Bonchev–Trinajstić information content (AvgIpc) is 2.38. The molecule has 0 spiro atoms.